The first-order chi connectivity index (χ1) is 4.14. The molecule has 2 fully saturated rings. The SMILES string of the molecule is FC1(F)C2CCC(Br)C21. The lowest BCUT2D eigenvalue weighted by molar-refractivity contribution is 0.0745. The fourth-order valence-electron chi connectivity index (χ4n) is 1.80. The van der Waals surface area contributed by atoms with Gasteiger partial charge in [-0.25, -0.2) is 8.78 Å². The van der Waals surface area contributed by atoms with Gasteiger partial charge in [0.15, 0.2) is 0 Å². The first-order valence-corrected chi connectivity index (χ1v) is 4.07. The van der Waals surface area contributed by atoms with Gasteiger partial charge in [-0.15, -0.1) is 0 Å². The Labute approximate surface area is 60.8 Å². The lowest BCUT2D eigenvalue weighted by Gasteiger charge is -2.04. The Kier molecular flexibility index (Phi) is 1.01. The van der Waals surface area contributed by atoms with Gasteiger partial charge < -0.3 is 0 Å². The molecule has 2 rings (SSSR count). The Morgan fingerprint density at radius 1 is 1.33 bits per heavy atom. The van der Waals surface area contributed by atoms with E-state index in [1.807, 2.05) is 0 Å². The van der Waals surface area contributed by atoms with Crippen molar-refractivity contribution in [1.29, 1.82) is 0 Å². The molecule has 0 saturated heterocycles. The van der Waals surface area contributed by atoms with Crippen molar-refractivity contribution in [2.45, 2.75) is 23.6 Å². The van der Waals surface area contributed by atoms with Crippen molar-refractivity contribution < 1.29 is 8.78 Å². The van der Waals surface area contributed by atoms with E-state index < -0.39 is 5.92 Å². The molecule has 0 heterocycles. The smallest absolute Gasteiger partial charge is 0.206 e. The molecule has 3 unspecified atom stereocenters. The third-order valence-corrected chi connectivity index (χ3v) is 3.43. The minimum Gasteiger partial charge on any atom is -0.206 e. The van der Waals surface area contributed by atoms with E-state index in [4.69, 9.17) is 0 Å². The summed E-state index contributed by atoms with van der Waals surface area (Å²) in [6, 6.07) is 0. The Morgan fingerprint density at radius 3 is 2.22 bits per heavy atom. The molecule has 0 radical (unpaired) electrons. The van der Waals surface area contributed by atoms with Gasteiger partial charge in [0.2, 0.25) is 0 Å². The zero-order valence-corrected chi connectivity index (χ0v) is 6.37. The molecule has 0 spiro atoms. The maximum atomic E-state index is 12.5. The second-order valence-electron chi connectivity index (χ2n) is 2.90. The molecule has 2 aliphatic rings. The van der Waals surface area contributed by atoms with Crippen molar-refractivity contribution in [2.24, 2.45) is 11.8 Å². The van der Waals surface area contributed by atoms with Gasteiger partial charge >= 0.3 is 0 Å². The van der Waals surface area contributed by atoms with Crippen molar-refractivity contribution in [3.8, 4) is 0 Å². The zero-order chi connectivity index (χ0) is 6.65. The normalized spacial score (nSPS) is 53.0. The van der Waals surface area contributed by atoms with Gasteiger partial charge in [-0.2, -0.15) is 0 Å². The molecule has 2 aliphatic carbocycles. The first-order valence-electron chi connectivity index (χ1n) is 3.16. The number of hydrogen-bond acceptors (Lipinski definition) is 0. The van der Waals surface area contributed by atoms with Crippen LogP contribution >= 0.6 is 15.9 Å². The second kappa shape index (κ2) is 1.49. The van der Waals surface area contributed by atoms with Crippen molar-refractivity contribution >= 4 is 15.9 Å². The number of rotatable bonds is 0. The Balaban J connectivity index is 2.14. The predicted octanol–water partition coefficient (Wildman–Crippen LogP) is 2.43. The van der Waals surface area contributed by atoms with E-state index in [-0.39, 0.29) is 16.7 Å². The van der Waals surface area contributed by atoms with Crippen LogP contribution in [-0.4, -0.2) is 10.7 Å². The minimum absolute atomic E-state index is 0.0949. The van der Waals surface area contributed by atoms with Gasteiger partial charge in [0, 0.05) is 16.7 Å². The van der Waals surface area contributed by atoms with Crippen LogP contribution in [0.1, 0.15) is 12.8 Å². The van der Waals surface area contributed by atoms with Crippen LogP contribution in [0.25, 0.3) is 0 Å². The van der Waals surface area contributed by atoms with E-state index in [2.05, 4.69) is 15.9 Å². The molecule has 0 aromatic rings. The molecule has 0 N–H and O–H groups in total. The molecule has 3 heteroatoms. The molecule has 3 atom stereocenters. The first kappa shape index (κ1) is 6.08. The molecular weight excluding hydrogens is 190 g/mol. The minimum atomic E-state index is -2.31. The van der Waals surface area contributed by atoms with Gasteiger partial charge in [-0.1, -0.05) is 15.9 Å². The Hall–Kier alpha value is 0.340. The average molecular weight is 197 g/mol. The molecule has 52 valence electrons. The number of hydrogen-bond donors (Lipinski definition) is 0. The molecule has 9 heavy (non-hydrogen) atoms. The van der Waals surface area contributed by atoms with Gasteiger partial charge in [0.05, 0.1) is 0 Å². The van der Waals surface area contributed by atoms with E-state index in [9.17, 15) is 8.78 Å². The maximum absolute atomic E-state index is 12.5. The Bertz CT molecular complexity index is 146. The van der Waals surface area contributed by atoms with Crippen molar-refractivity contribution in [3.63, 3.8) is 0 Å². The summed E-state index contributed by atoms with van der Waals surface area (Å²) in [7, 11) is 0. The monoisotopic (exact) mass is 196 g/mol. The fraction of sp³-hybridized carbons (Fsp3) is 1.00. The average Bonchev–Trinajstić information content (AvgIpc) is 2.19. The highest BCUT2D eigenvalue weighted by Gasteiger charge is 2.72. The third-order valence-electron chi connectivity index (χ3n) is 2.41. The lowest BCUT2D eigenvalue weighted by Crippen LogP contribution is -2.07. The van der Waals surface area contributed by atoms with Crippen LogP contribution in [0.15, 0.2) is 0 Å². The third kappa shape index (κ3) is 0.615. The van der Waals surface area contributed by atoms with E-state index in [0.717, 1.165) is 6.42 Å². The van der Waals surface area contributed by atoms with Crippen LogP contribution < -0.4 is 0 Å². The topological polar surface area (TPSA) is 0 Å². The van der Waals surface area contributed by atoms with Gasteiger partial charge in [-0.3, -0.25) is 0 Å². The largest absolute Gasteiger partial charge is 0.255 e. The summed E-state index contributed by atoms with van der Waals surface area (Å²) in [5, 5.41) is 0. The van der Waals surface area contributed by atoms with Crippen LogP contribution in [-0.2, 0) is 0 Å². The molecule has 0 aromatic heterocycles. The second-order valence-corrected chi connectivity index (χ2v) is 4.08. The lowest BCUT2D eigenvalue weighted by atomic mass is 10.2. The number of alkyl halides is 3. The highest BCUT2D eigenvalue weighted by atomic mass is 79.9. The molecule has 0 aliphatic heterocycles. The fourth-order valence-corrected chi connectivity index (χ4v) is 2.79. The van der Waals surface area contributed by atoms with Crippen molar-refractivity contribution in [1.82, 2.24) is 0 Å². The van der Waals surface area contributed by atoms with E-state index in [1.165, 1.54) is 0 Å². The zero-order valence-electron chi connectivity index (χ0n) is 4.78. The van der Waals surface area contributed by atoms with E-state index in [0.29, 0.717) is 6.42 Å². The summed E-state index contributed by atoms with van der Waals surface area (Å²) in [5.74, 6) is -2.91. The molecule has 0 amide bonds. The van der Waals surface area contributed by atoms with Crippen LogP contribution in [0.2, 0.25) is 0 Å². The van der Waals surface area contributed by atoms with Crippen molar-refractivity contribution in [3.05, 3.63) is 0 Å². The summed E-state index contributed by atoms with van der Waals surface area (Å²) >= 11 is 3.24. The van der Waals surface area contributed by atoms with Gasteiger partial charge in [0.25, 0.3) is 5.92 Å². The maximum Gasteiger partial charge on any atom is 0.255 e. The highest BCUT2D eigenvalue weighted by Crippen LogP contribution is 2.65. The van der Waals surface area contributed by atoms with E-state index >= 15 is 0 Å². The molecule has 0 aromatic carbocycles. The van der Waals surface area contributed by atoms with Gasteiger partial charge in [0.1, 0.15) is 0 Å². The van der Waals surface area contributed by atoms with Crippen LogP contribution in [0.4, 0.5) is 8.78 Å². The van der Waals surface area contributed by atoms with Crippen LogP contribution in [0.5, 0.6) is 0 Å². The molecule has 0 nitrogen and oxygen atoms in total. The number of halogens is 3. The number of fused-ring (bicyclic) bond motifs is 1. The summed E-state index contributed by atoms with van der Waals surface area (Å²) in [4.78, 5) is 0.0949. The highest BCUT2D eigenvalue weighted by molar-refractivity contribution is 9.09. The van der Waals surface area contributed by atoms with Crippen LogP contribution in [0, 0.1) is 11.8 Å². The quantitative estimate of drug-likeness (QED) is 0.523. The van der Waals surface area contributed by atoms with Gasteiger partial charge in [-0.05, 0) is 12.8 Å². The standard InChI is InChI=1S/C6H7BrF2/c7-4-2-1-3-5(4)6(3,8)9/h3-5H,1-2H2. The van der Waals surface area contributed by atoms with Crippen molar-refractivity contribution in [2.75, 3.05) is 0 Å². The molecular formula is C6H7BrF2. The predicted molar refractivity (Wildman–Crippen MR) is 33.9 cm³/mol. The molecule has 0 bridgehead atoms. The summed E-state index contributed by atoms with van der Waals surface area (Å²) in [5.41, 5.74) is 0. The summed E-state index contributed by atoms with van der Waals surface area (Å²) in [6.45, 7) is 0. The molecule has 2 saturated carbocycles. The van der Waals surface area contributed by atoms with E-state index in [1.54, 1.807) is 0 Å². The van der Waals surface area contributed by atoms with Crippen LogP contribution in [0.3, 0.4) is 0 Å². The Morgan fingerprint density at radius 2 is 2.00 bits per heavy atom. The summed E-state index contributed by atoms with van der Waals surface area (Å²) in [6.07, 6.45) is 1.65. The summed E-state index contributed by atoms with van der Waals surface area (Å²) < 4.78 is 24.9.